The van der Waals surface area contributed by atoms with E-state index in [4.69, 9.17) is 0 Å². The maximum atomic E-state index is 12.2. The second-order valence-corrected chi connectivity index (χ2v) is 2.86. The third kappa shape index (κ3) is 4.45. The van der Waals surface area contributed by atoms with Gasteiger partial charge >= 0.3 is 12.5 Å². The molecule has 0 saturated carbocycles. The zero-order valence-corrected chi connectivity index (χ0v) is 7.70. The van der Waals surface area contributed by atoms with Gasteiger partial charge < -0.3 is 4.74 Å². The van der Waals surface area contributed by atoms with E-state index >= 15 is 0 Å². The van der Waals surface area contributed by atoms with Crippen LogP contribution in [0, 0.1) is 5.92 Å². The third-order valence-electron chi connectivity index (χ3n) is 1.92. The monoisotopic (exact) mass is 202 g/mol. The van der Waals surface area contributed by atoms with Crippen LogP contribution in [0.2, 0.25) is 0 Å². The van der Waals surface area contributed by atoms with Crippen LogP contribution in [0.1, 0.15) is 26.7 Å². The quantitative estimate of drug-likeness (QED) is 0.600. The van der Waals surface area contributed by atoms with Crippen molar-refractivity contribution in [1.82, 2.24) is 0 Å². The van der Waals surface area contributed by atoms with Gasteiger partial charge in [-0.1, -0.05) is 26.7 Å². The Kier molecular flexibility index (Phi) is 5.29. The van der Waals surface area contributed by atoms with Gasteiger partial charge in [0.25, 0.3) is 0 Å². The van der Waals surface area contributed by atoms with E-state index < -0.39 is 12.5 Å². The molecule has 0 aromatic heterocycles. The number of halogens is 4. The summed E-state index contributed by atoms with van der Waals surface area (Å²) in [5, 5.41) is 0. The Balaban J connectivity index is 3.85. The Labute approximate surface area is 75.1 Å². The van der Waals surface area contributed by atoms with E-state index in [1.54, 1.807) is 13.8 Å². The maximum Gasteiger partial charge on any atom is 0.416 e. The zero-order chi connectivity index (χ0) is 10.5. The van der Waals surface area contributed by atoms with Gasteiger partial charge in [0.2, 0.25) is 0 Å². The molecule has 0 amide bonds. The molecule has 0 N–H and O–H groups in total. The number of hydrogen-bond donors (Lipinski definition) is 0. The molecule has 0 saturated heterocycles. The van der Waals surface area contributed by atoms with Crippen LogP contribution >= 0.6 is 0 Å². The van der Waals surface area contributed by atoms with Crippen LogP contribution in [0.25, 0.3) is 0 Å². The number of rotatable bonds is 6. The van der Waals surface area contributed by atoms with Crippen molar-refractivity contribution >= 4 is 0 Å². The highest BCUT2D eigenvalue weighted by Crippen LogP contribution is 2.25. The maximum absolute atomic E-state index is 12.2. The molecule has 0 fully saturated rings. The van der Waals surface area contributed by atoms with Crippen molar-refractivity contribution in [2.45, 2.75) is 39.2 Å². The van der Waals surface area contributed by atoms with E-state index in [1.165, 1.54) is 0 Å². The van der Waals surface area contributed by atoms with Gasteiger partial charge in [0.15, 0.2) is 0 Å². The Hall–Kier alpha value is -0.320. The van der Waals surface area contributed by atoms with E-state index in [1.807, 2.05) is 0 Å². The predicted molar refractivity (Wildman–Crippen MR) is 41.0 cm³/mol. The molecule has 0 unspecified atom stereocenters. The van der Waals surface area contributed by atoms with E-state index in [0.29, 0.717) is 12.8 Å². The molecule has 0 rings (SSSR count). The highest BCUT2D eigenvalue weighted by molar-refractivity contribution is 4.59. The molecule has 1 nitrogen and oxygen atoms in total. The Morgan fingerprint density at radius 2 is 1.62 bits per heavy atom. The van der Waals surface area contributed by atoms with Crippen molar-refractivity contribution in [3.05, 3.63) is 0 Å². The Morgan fingerprint density at radius 1 is 1.15 bits per heavy atom. The molecular formula is C8H14F4O. The van der Waals surface area contributed by atoms with Crippen LogP contribution in [0.3, 0.4) is 0 Å². The standard InChI is InChI=1S/C8H14F4O/c1-3-6(4-2)5-13-8(11,12)7(9)10/h6-7H,3-5H2,1-2H3. The normalized spacial score (nSPS) is 12.9. The van der Waals surface area contributed by atoms with Crippen LogP contribution in [0.5, 0.6) is 0 Å². The highest BCUT2D eigenvalue weighted by Gasteiger charge is 2.42. The van der Waals surface area contributed by atoms with Crippen molar-refractivity contribution in [3.63, 3.8) is 0 Å². The fraction of sp³-hybridized carbons (Fsp3) is 1.00. The second kappa shape index (κ2) is 5.42. The molecule has 0 aromatic rings. The molecule has 0 aliphatic heterocycles. The second-order valence-electron chi connectivity index (χ2n) is 2.86. The topological polar surface area (TPSA) is 9.23 Å². The number of ether oxygens (including phenoxy) is 1. The minimum absolute atomic E-state index is 0.0791. The van der Waals surface area contributed by atoms with E-state index in [9.17, 15) is 17.6 Å². The fourth-order valence-electron chi connectivity index (χ4n) is 0.816. The van der Waals surface area contributed by atoms with Gasteiger partial charge in [-0.2, -0.15) is 8.78 Å². The minimum atomic E-state index is -4.30. The van der Waals surface area contributed by atoms with Crippen molar-refractivity contribution in [3.8, 4) is 0 Å². The van der Waals surface area contributed by atoms with E-state index in [2.05, 4.69) is 4.74 Å². The summed E-state index contributed by atoms with van der Waals surface area (Å²) in [5.41, 5.74) is 0. The van der Waals surface area contributed by atoms with Crippen molar-refractivity contribution in [2.24, 2.45) is 5.92 Å². The van der Waals surface area contributed by atoms with Crippen molar-refractivity contribution in [2.75, 3.05) is 6.61 Å². The molecule has 0 heterocycles. The van der Waals surface area contributed by atoms with Gasteiger partial charge in [-0.15, -0.1) is 0 Å². The molecule has 0 radical (unpaired) electrons. The van der Waals surface area contributed by atoms with Crippen LogP contribution in [0.4, 0.5) is 17.6 Å². The largest absolute Gasteiger partial charge is 0.416 e. The highest BCUT2D eigenvalue weighted by atomic mass is 19.3. The van der Waals surface area contributed by atoms with Gasteiger partial charge in [-0.3, -0.25) is 0 Å². The number of alkyl halides is 4. The fourth-order valence-corrected chi connectivity index (χ4v) is 0.816. The summed E-state index contributed by atoms with van der Waals surface area (Å²) in [6, 6.07) is 0. The third-order valence-corrected chi connectivity index (χ3v) is 1.92. The summed E-state index contributed by atoms with van der Waals surface area (Å²) in [6.07, 6.45) is -6.75. The summed E-state index contributed by atoms with van der Waals surface area (Å²) in [7, 11) is 0. The summed E-state index contributed by atoms with van der Waals surface area (Å²) < 4.78 is 51.5. The smallest absolute Gasteiger partial charge is 0.316 e. The van der Waals surface area contributed by atoms with Crippen LogP contribution in [-0.4, -0.2) is 19.1 Å². The Morgan fingerprint density at radius 3 is 1.92 bits per heavy atom. The van der Waals surface area contributed by atoms with Crippen LogP contribution < -0.4 is 0 Å². The number of hydrogen-bond acceptors (Lipinski definition) is 1. The van der Waals surface area contributed by atoms with Gasteiger partial charge in [0.05, 0.1) is 6.61 Å². The van der Waals surface area contributed by atoms with Crippen LogP contribution in [-0.2, 0) is 4.74 Å². The summed E-state index contributed by atoms with van der Waals surface area (Å²) in [4.78, 5) is 0. The lowest BCUT2D eigenvalue weighted by Crippen LogP contribution is -2.32. The summed E-state index contributed by atoms with van der Waals surface area (Å²) >= 11 is 0. The lowest BCUT2D eigenvalue weighted by Gasteiger charge is -2.19. The average molecular weight is 202 g/mol. The van der Waals surface area contributed by atoms with Crippen LogP contribution in [0.15, 0.2) is 0 Å². The SMILES string of the molecule is CCC(CC)COC(F)(F)C(F)F. The molecule has 0 aliphatic carbocycles. The molecule has 80 valence electrons. The summed E-state index contributed by atoms with van der Waals surface area (Å²) in [5.74, 6) is -0.0791. The molecule has 0 aromatic carbocycles. The van der Waals surface area contributed by atoms with E-state index in [0.717, 1.165) is 0 Å². The molecule has 13 heavy (non-hydrogen) atoms. The first-order valence-corrected chi connectivity index (χ1v) is 4.23. The molecule has 0 aliphatic rings. The first-order valence-electron chi connectivity index (χ1n) is 4.23. The zero-order valence-electron chi connectivity index (χ0n) is 7.70. The minimum Gasteiger partial charge on any atom is -0.316 e. The lowest BCUT2D eigenvalue weighted by atomic mass is 10.1. The van der Waals surface area contributed by atoms with Gasteiger partial charge in [0.1, 0.15) is 0 Å². The lowest BCUT2D eigenvalue weighted by molar-refractivity contribution is -0.304. The van der Waals surface area contributed by atoms with E-state index in [-0.39, 0.29) is 12.5 Å². The van der Waals surface area contributed by atoms with Gasteiger partial charge in [-0.05, 0) is 5.92 Å². The Bertz CT molecular complexity index is 134. The molecule has 0 bridgehead atoms. The van der Waals surface area contributed by atoms with Gasteiger partial charge in [-0.25, -0.2) is 8.78 Å². The molecular weight excluding hydrogens is 188 g/mol. The first kappa shape index (κ1) is 12.7. The molecule has 5 heteroatoms. The first-order chi connectivity index (χ1) is 5.94. The average Bonchev–Trinajstić information content (AvgIpc) is 2.06. The summed E-state index contributed by atoms with van der Waals surface area (Å²) in [6.45, 7) is 3.29. The molecule has 0 atom stereocenters. The van der Waals surface area contributed by atoms with Crippen molar-refractivity contribution < 1.29 is 22.3 Å². The van der Waals surface area contributed by atoms with Crippen molar-refractivity contribution in [1.29, 1.82) is 0 Å². The predicted octanol–water partition coefficient (Wildman–Crippen LogP) is 3.30. The molecule has 0 spiro atoms. The van der Waals surface area contributed by atoms with Gasteiger partial charge in [0, 0.05) is 0 Å².